The first kappa shape index (κ1) is 20.3. The molecular formula is C16H23BrN4S. The van der Waals surface area contributed by atoms with E-state index in [1.54, 1.807) is 5.41 Å². The largest absolute Gasteiger partial charge is 0.397 e. The first-order chi connectivity index (χ1) is 10.6. The van der Waals surface area contributed by atoms with Gasteiger partial charge < -0.3 is 22.2 Å². The summed E-state index contributed by atoms with van der Waals surface area (Å²) in [7, 11) is 0. The number of benzene rings is 1. The second-order valence-corrected chi connectivity index (χ2v) is 5.61. The van der Waals surface area contributed by atoms with Crippen LogP contribution < -0.4 is 16.8 Å². The van der Waals surface area contributed by atoms with Crippen LogP contribution in [0.1, 0.15) is 19.4 Å². The summed E-state index contributed by atoms with van der Waals surface area (Å²) < 4.78 is 0.980. The molecular weight excluding hydrogens is 360 g/mol. The molecule has 22 heavy (non-hydrogen) atoms. The van der Waals surface area contributed by atoms with Gasteiger partial charge in [0.05, 0.1) is 23.0 Å². The van der Waals surface area contributed by atoms with Crippen LogP contribution in [-0.4, -0.2) is 12.1 Å². The summed E-state index contributed by atoms with van der Waals surface area (Å²) in [5.74, 6) is 0.600. The van der Waals surface area contributed by atoms with Crippen LogP contribution in [0, 0.1) is 5.41 Å². The molecule has 0 radical (unpaired) electrons. The van der Waals surface area contributed by atoms with Crippen LogP contribution in [0.4, 0.5) is 0 Å². The van der Waals surface area contributed by atoms with E-state index in [4.69, 9.17) is 16.9 Å². The zero-order valence-corrected chi connectivity index (χ0v) is 15.3. The summed E-state index contributed by atoms with van der Waals surface area (Å²) in [6, 6.07) is 7.63. The highest BCUT2D eigenvalue weighted by molar-refractivity contribution is 9.10. The number of hydrogen-bond donors (Lipinski definition) is 4. The molecule has 0 fully saturated rings. The second kappa shape index (κ2) is 11.9. The monoisotopic (exact) mass is 382 g/mol. The summed E-state index contributed by atoms with van der Waals surface area (Å²) in [6.45, 7) is 7.64. The van der Waals surface area contributed by atoms with Crippen LogP contribution in [0.15, 0.2) is 58.2 Å². The highest BCUT2D eigenvalue weighted by atomic mass is 79.9. The summed E-state index contributed by atoms with van der Waals surface area (Å²) in [4.78, 5) is 0. The minimum atomic E-state index is 0.421. The van der Waals surface area contributed by atoms with Gasteiger partial charge in [0.2, 0.25) is 0 Å². The van der Waals surface area contributed by atoms with Crippen LogP contribution in [0.5, 0.6) is 0 Å². The van der Waals surface area contributed by atoms with Gasteiger partial charge in [-0.2, -0.15) is 0 Å². The fourth-order valence-electron chi connectivity index (χ4n) is 1.47. The van der Waals surface area contributed by atoms with Gasteiger partial charge in [-0.15, -0.1) is 11.8 Å². The van der Waals surface area contributed by atoms with Gasteiger partial charge in [0, 0.05) is 10.7 Å². The van der Waals surface area contributed by atoms with E-state index in [0.29, 0.717) is 23.0 Å². The van der Waals surface area contributed by atoms with Crippen LogP contribution in [0.2, 0.25) is 0 Å². The van der Waals surface area contributed by atoms with Crippen LogP contribution in [0.3, 0.4) is 0 Å². The number of nitrogens with two attached hydrogens (primary N) is 2. The predicted octanol–water partition coefficient (Wildman–Crippen LogP) is 4.02. The number of nitrogens with one attached hydrogen (secondary N) is 2. The molecule has 0 saturated carbocycles. The Balaban J connectivity index is 0.00000211. The second-order valence-electron chi connectivity index (χ2n) is 3.74. The molecule has 0 aliphatic rings. The number of halogens is 1. The normalized spacial score (nSPS) is 11.7. The Morgan fingerprint density at radius 3 is 2.41 bits per heavy atom. The average Bonchev–Trinajstić information content (AvgIpc) is 2.54. The molecule has 0 bridgehead atoms. The lowest BCUT2D eigenvalue weighted by molar-refractivity contribution is 0.961. The van der Waals surface area contributed by atoms with Crippen molar-refractivity contribution in [1.29, 1.82) is 5.41 Å². The SMILES string of the molecule is C=CSCNC(/C(N)=C/C=N)=C(\N)c1ccc(Br)cc1.CC. The molecule has 0 amide bonds. The van der Waals surface area contributed by atoms with Gasteiger partial charge in [0.15, 0.2) is 0 Å². The van der Waals surface area contributed by atoms with E-state index in [1.165, 1.54) is 17.8 Å². The van der Waals surface area contributed by atoms with Gasteiger partial charge in [0.25, 0.3) is 0 Å². The van der Waals surface area contributed by atoms with Crippen molar-refractivity contribution in [1.82, 2.24) is 5.32 Å². The van der Waals surface area contributed by atoms with Crippen molar-refractivity contribution in [3.8, 4) is 0 Å². The summed E-state index contributed by atoms with van der Waals surface area (Å²) in [5.41, 5.74) is 14.6. The molecule has 6 N–H and O–H groups in total. The Morgan fingerprint density at radius 2 is 1.91 bits per heavy atom. The van der Waals surface area contributed by atoms with E-state index in [-0.39, 0.29) is 0 Å². The minimum absolute atomic E-state index is 0.421. The molecule has 1 aromatic carbocycles. The van der Waals surface area contributed by atoms with E-state index in [2.05, 4.69) is 27.8 Å². The Morgan fingerprint density at radius 1 is 1.32 bits per heavy atom. The van der Waals surface area contributed by atoms with Crippen LogP contribution in [-0.2, 0) is 0 Å². The van der Waals surface area contributed by atoms with E-state index in [0.717, 1.165) is 16.3 Å². The van der Waals surface area contributed by atoms with E-state index >= 15 is 0 Å². The number of hydrogen-bond acceptors (Lipinski definition) is 5. The number of thioether (sulfide) groups is 1. The predicted molar refractivity (Wildman–Crippen MR) is 103 cm³/mol. The molecule has 4 nitrogen and oxygen atoms in total. The van der Waals surface area contributed by atoms with Crippen molar-refractivity contribution in [3.63, 3.8) is 0 Å². The quantitative estimate of drug-likeness (QED) is 0.248. The van der Waals surface area contributed by atoms with Gasteiger partial charge >= 0.3 is 0 Å². The Labute approximate surface area is 145 Å². The fraction of sp³-hybridized carbons (Fsp3) is 0.188. The van der Waals surface area contributed by atoms with Crippen molar-refractivity contribution < 1.29 is 0 Å². The molecule has 120 valence electrons. The molecule has 0 aliphatic heterocycles. The molecule has 1 aromatic rings. The van der Waals surface area contributed by atoms with Gasteiger partial charge in [-0.1, -0.05) is 48.5 Å². The molecule has 0 aromatic heterocycles. The third-order valence-corrected chi connectivity index (χ3v) is 3.50. The van der Waals surface area contributed by atoms with Crippen molar-refractivity contribution in [3.05, 3.63) is 63.8 Å². The zero-order valence-electron chi connectivity index (χ0n) is 12.9. The molecule has 1 rings (SSSR count). The average molecular weight is 383 g/mol. The molecule has 0 heterocycles. The van der Waals surface area contributed by atoms with Crippen LogP contribution >= 0.6 is 27.7 Å². The summed E-state index contributed by atoms with van der Waals surface area (Å²) in [6.07, 6.45) is 2.62. The van der Waals surface area contributed by atoms with Crippen molar-refractivity contribution >= 4 is 39.6 Å². The Hall–Kier alpha value is -1.66. The van der Waals surface area contributed by atoms with E-state index in [9.17, 15) is 0 Å². The summed E-state index contributed by atoms with van der Waals surface area (Å²) >= 11 is 4.89. The lowest BCUT2D eigenvalue weighted by Gasteiger charge is -2.14. The molecule has 0 saturated heterocycles. The molecule has 0 spiro atoms. The van der Waals surface area contributed by atoms with Crippen molar-refractivity contribution in [2.24, 2.45) is 11.5 Å². The standard InChI is InChI=1S/C14H17BrN4S.C2H6/c1-2-20-9-19-14(12(17)7-8-16)13(18)10-3-5-11(15)6-4-10;1-2/h2-8,16,19H,1,9,17-18H2;1-2H3/b12-7-,14-13-,16-8?;. The maximum atomic E-state index is 7.11. The van der Waals surface area contributed by atoms with E-state index in [1.807, 2.05) is 38.1 Å². The fourth-order valence-corrected chi connectivity index (χ4v) is 2.08. The van der Waals surface area contributed by atoms with Crippen molar-refractivity contribution in [2.75, 3.05) is 5.88 Å². The lowest BCUT2D eigenvalue weighted by Crippen LogP contribution is -2.22. The summed E-state index contributed by atoms with van der Waals surface area (Å²) in [5, 5.41) is 12.0. The third-order valence-electron chi connectivity index (χ3n) is 2.43. The Bertz CT molecular complexity index is 536. The first-order valence-electron chi connectivity index (χ1n) is 6.78. The Kier molecular flexibility index (Phi) is 11.0. The third kappa shape index (κ3) is 6.87. The van der Waals surface area contributed by atoms with Gasteiger partial charge in [-0.25, -0.2) is 0 Å². The van der Waals surface area contributed by atoms with Gasteiger partial charge in [-0.3, -0.25) is 0 Å². The van der Waals surface area contributed by atoms with Crippen molar-refractivity contribution in [2.45, 2.75) is 13.8 Å². The topological polar surface area (TPSA) is 87.9 Å². The first-order valence-corrected chi connectivity index (χ1v) is 8.63. The molecule has 0 unspecified atom stereocenters. The smallest absolute Gasteiger partial charge is 0.0820 e. The highest BCUT2D eigenvalue weighted by Crippen LogP contribution is 2.18. The highest BCUT2D eigenvalue weighted by Gasteiger charge is 2.08. The molecule has 0 atom stereocenters. The molecule has 0 aliphatic carbocycles. The van der Waals surface area contributed by atoms with E-state index < -0.39 is 0 Å². The van der Waals surface area contributed by atoms with Gasteiger partial charge in [-0.05, 0) is 29.2 Å². The van der Waals surface area contributed by atoms with Gasteiger partial charge in [0.1, 0.15) is 0 Å². The zero-order chi connectivity index (χ0) is 17.0. The maximum Gasteiger partial charge on any atom is 0.0820 e. The maximum absolute atomic E-state index is 7.11. The number of rotatable bonds is 7. The molecule has 6 heteroatoms. The number of allylic oxidation sites excluding steroid dienone is 1. The van der Waals surface area contributed by atoms with Crippen LogP contribution in [0.25, 0.3) is 5.70 Å². The lowest BCUT2D eigenvalue weighted by atomic mass is 10.1. The minimum Gasteiger partial charge on any atom is -0.397 e.